The molecule has 3 nitrogen and oxygen atoms in total. The van der Waals surface area contributed by atoms with Gasteiger partial charge in [-0.15, -0.1) is 0 Å². The van der Waals surface area contributed by atoms with Crippen LogP contribution in [0.25, 0.3) is 10.9 Å². The minimum Gasteiger partial charge on any atom is -0.379 e. The molecule has 88 valence electrons. The second-order valence-electron chi connectivity index (χ2n) is 4.38. The highest BCUT2D eigenvalue weighted by atomic mass is 16.5. The first-order chi connectivity index (χ1) is 8.43. The topological polar surface area (TPSA) is 25.4 Å². The first-order valence-corrected chi connectivity index (χ1v) is 6.06. The number of benzene rings is 1. The Hall–Kier alpha value is -1.45. The van der Waals surface area contributed by atoms with E-state index in [1.165, 1.54) is 10.9 Å². The molecule has 0 bridgehead atoms. The highest BCUT2D eigenvalue weighted by Gasteiger charge is 2.12. The second-order valence-corrected chi connectivity index (χ2v) is 4.38. The number of morpholine rings is 1. The van der Waals surface area contributed by atoms with E-state index in [0.717, 1.165) is 38.4 Å². The molecule has 1 saturated heterocycles. The normalized spacial score (nSPS) is 17.4. The number of hydrogen-bond donors (Lipinski definition) is 0. The minimum atomic E-state index is 0.845. The summed E-state index contributed by atoms with van der Waals surface area (Å²) in [5.41, 5.74) is 2.44. The average Bonchev–Trinajstić information content (AvgIpc) is 2.40. The number of fused-ring (bicyclic) bond motifs is 1. The molecule has 0 spiro atoms. The summed E-state index contributed by atoms with van der Waals surface area (Å²) in [7, 11) is 0. The Morgan fingerprint density at radius 2 is 1.94 bits per heavy atom. The van der Waals surface area contributed by atoms with Crippen LogP contribution < -0.4 is 0 Å². The summed E-state index contributed by atoms with van der Waals surface area (Å²) < 4.78 is 5.37. The van der Waals surface area contributed by atoms with Gasteiger partial charge in [-0.1, -0.05) is 24.3 Å². The predicted octanol–water partition coefficient (Wildman–Crippen LogP) is 2.07. The van der Waals surface area contributed by atoms with Gasteiger partial charge in [0.25, 0.3) is 0 Å². The fourth-order valence-corrected chi connectivity index (χ4v) is 2.30. The average molecular weight is 228 g/mol. The van der Waals surface area contributed by atoms with Crippen molar-refractivity contribution >= 4 is 10.9 Å². The SMILES string of the molecule is c1cnc2c(CN3CCOCC3)cccc2c1. The van der Waals surface area contributed by atoms with E-state index in [4.69, 9.17) is 4.74 Å². The molecule has 1 aliphatic heterocycles. The Labute approximate surface area is 101 Å². The molecule has 1 aromatic carbocycles. The lowest BCUT2D eigenvalue weighted by Gasteiger charge is -2.26. The van der Waals surface area contributed by atoms with Crippen LogP contribution in [0, 0.1) is 0 Å². The summed E-state index contributed by atoms with van der Waals surface area (Å²) >= 11 is 0. The van der Waals surface area contributed by atoms with Crippen LogP contribution in [0.1, 0.15) is 5.56 Å². The van der Waals surface area contributed by atoms with Gasteiger partial charge in [0.2, 0.25) is 0 Å². The number of rotatable bonds is 2. The lowest BCUT2D eigenvalue weighted by molar-refractivity contribution is 0.0343. The molecule has 1 aromatic heterocycles. The van der Waals surface area contributed by atoms with Gasteiger partial charge in [-0.3, -0.25) is 9.88 Å². The first-order valence-electron chi connectivity index (χ1n) is 6.06. The van der Waals surface area contributed by atoms with Crippen LogP contribution in [0.2, 0.25) is 0 Å². The summed E-state index contributed by atoms with van der Waals surface area (Å²) in [6.45, 7) is 4.69. The highest BCUT2D eigenvalue weighted by molar-refractivity contribution is 5.81. The van der Waals surface area contributed by atoms with Crippen molar-refractivity contribution in [2.24, 2.45) is 0 Å². The third kappa shape index (κ3) is 2.30. The molecule has 0 radical (unpaired) electrons. The maximum Gasteiger partial charge on any atom is 0.0746 e. The predicted molar refractivity (Wildman–Crippen MR) is 67.8 cm³/mol. The Kier molecular flexibility index (Phi) is 3.03. The van der Waals surface area contributed by atoms with Gasteiger partial charge in [0.15, 0.2) is 0 Å². The summed E-state index contributed by atoms with van der Waals surface area (Å²) in [5, 5.41) is 1.22. The first kappa shape index (κ1) is 10.7. The van der Waals surface area contributed by atoms with Crippen LogP contribution in [-0.2, 0) is 11.3 Å². The van der Waals surface area contributed by atoms with Crippen LogP contribution in [0.5, 0.6) is 0 Å². The molecule has 0 unspecified atom stereocenters. The van der Waals surface area contributed by atoms with E-state index < -0.39 is 0 Å². The third-order valence-corrected chi connectivity index (χ3v) is 3.21. The number of nitrogens with zero attached hydrogens (tertiary/aromatic N) is 2. The zero-order valence-electron chi connectivity index (χ0n) is 9.80. The maximum atomic E-state index is 5.37. The molecule has 0 saturated carbocycles. The van der Waals surface area contributed by atoms with Crippen molar-refractivity contribution in [2.75, 3.05) is 26.3 Å². The summed E-state index contributed by atoms with van der Waals surface area (Å²) in [6, 6.07) is 10.5. The van der Waals surface area contributed by atoms with Crippen molar-refractivity contribution in [3.05, 3.63) is 42.1 Å². The van der Waals surface area contributed by atoms with Crippen molar-refractivity contribution in [3.8, 4) is 0 Å². The van der Waals surface area contributed by atoms with E-state index in [1.54, 1.807) is 0 Å². The Bertz CT molecular complexity index is 501. The molecule has 1 fully saturated rings. The van der Waals surface area contributed by atoms with Gasteiger partial charge in [-0.05, 0) is 11.6 Å². The molecule has 2 aromatic rings. The van der Waals surface area contributed by atoms with Gasteiger partial charge in [0.1, 0.15) is 0 Å². The molecule has 0 aliphatic carbocycles. The molecule has 2 heterocycles. The van der Waals surface area contributed by atoms with Crippen molar-refractivity contribution in [1.29, 1.82) is 0 Å². The summed E-state index contributed by atoms with van der Waals surface area (Å²) in [6.07, 6.45) is 1.87. The minimum absolute atomic E-state index is 0.845. The fourth-order valence-electron chi connectivity index (χ4n) is 2.30. The van der Waals surface area contributed by atoms with Crippen LogP contribution in [0.3, 0.4) is 0 Å². The zero-order valence-corrected chi connectivity index (χ0v) is 9.80. The van der Waals surface area contributed by atoms with E-state index in [-0.39, 0.29) is 0 Å². The van der Waals surface area contributed by atoms with Crippen molar-refractivity contribution in [2.45, 2.75) is 6.54 Å². The van der Waals surface area contributed by atoms with E-state index in [9.17, 15) is 0 Å². The molecule has 3 rings (SSSR count). The van der Waals surface area contributed by atoms with Gasteiger partial charge in [0, 0.05) is 31.2 Å². The van der Waals surface area contributed by atoms with Gasteiger partial charge in [-0.2, -0.15) is 0 Å². The number of pyridine rings is 1. The number of ether oxygens (including phenoxy) is 1. The number of aromatic nitrogens is 1. The fraction of sp³-hybridized carbons (Fsp3) is 0.357. The second kappa shape index (κ2) is 4.82. The van der Waals surface area contributed by atoms with Gasteiger partial charge >= 0.3 is 0 Å². The maximum absolute atomic E-state index is 5.37. The van der Waals surface area contributed by atoms with Crippen LogP contribution in [-0.4, -0.2) is 36.2 Å². The molecular formula is C14H16N2O. The van der Waals surface area contributed by atoms with Crippen molar-refractivity contribution in [3.63, 3.8) is 0 Å². The quantitative estimate of drug-likeness (QED) is 0.786. The van der Waals surface area contributed by atoms with E-state index in [2.05, 4.69) is 34.1 Å². The molecular weight excluding hydrogens is 212 g/mol. The molecule has 0 N–H and O–H groups in total. The van der Waals surface area contributed by atoms with Gasteiger partial charge < -0.3 is 4.74 Å². The van der Waals surface area contributed by atoms with Crippen LogP contribution in [0.4, 0.5) is 0 Å². The molecule has 0 amide bonds. The van der Waals surface area contributed by atoms with Gasteiger partial charge in [0.05, 0.1) is 18.7 Å². The number of hydrogen-bond acceptors (Lipinski definition) is 3. The molecule has 0 atom stereocenters. The smallest absolute Gasteiger partial charge is 0.0746 e. The molecule has 17 heavy (non-hydrogen) atoms. The Morgan fingerprint density at radius 3 is 2.82 bits per heavy atom. The molecule has 3 heteroatoms. The monoisotopic (exact) mass is 228 g/mol. The highest BCUT2D eigenvalue weighted by Crippen LogP contribution is 2.17. The Morgan fingerprint density at radius 1 is 1.12 bits per heavy atom. The third-order valence-electron chi connectivity index (χ3n) is 3.21. The van der Waals surface area contributed by atoms with E-state index in [0.29, 0.717) is 0 Å². The van der Waals surface area contributed by atoms with E-state index in [1.807, 2.05) is 12.3 Å². The molecule has 1 aliphatic rings. The lowest BCUT2D eigenvalue weighted by Crippen LogP contribution is -2.35. The van der Waals surface area contributed by atoms with Gasteiger partial charge in [-0.25, -0.2) is 0 Å². The van der Waals surface area contributed by atoms with Crippen LogP contribution >= 0.6 is 0 Å². The summed E-state index contributed by atoms with van der Waals surface area (Å²) in [4.78, 5) is 6.91. The number of para-hydroxylation sites is 1. The van der Waals surface area contributed by atoms with Crippen LogP contribution in [0.15, 0.2) is 36.5 Å². The lowest BCUT2D eigenvalue weighted by atomic mass is 10.1. The standard InChI is InChI=1S/C14H16N2O/c1-3-12-5-2-6-15-14(12)13(4-1)11-16-7-9-17-10-8-16/h1-6H,7-11H2. The van der Waals surface area contributed by atoms with Crippen molar-refractivity contribution < 1.29 is 4.74 Å². The van der Waals surface area contributed by atoms with E-state index >= 15 is 0 Å². The largest absolute Gasteiger partial charge is 0.379 e. The van der Waals surface area contributed by atoms with Crippen molar-refractivity contribution in [1.82, 2.24) is 9.88 Å². The Balaban J connectivity index is 1.89. The summed E-state index contributed by atoms with van der Waals surface area (Å²) in [5.74, 6) is 0. The zero-order chi connectivity index (χ0) is 11.5.